The fourth-order valence-corrected chi connectivity index (χ4v) is 4.58. The van der Waals surface area contributed by atoms with Crippen molar-refractivity contribution in [1.82, 2.24) is 10.2 Å². The molecule has 0 bridgehead atoms. The summed E-state index contributed by atoms with van der Waals surface area (Å²) in [4.78, 5) is 15.4. The van der Waals surface area contributed by atoms with E-state index in [4.69, 9.17) is 9.47 Å². The van der Waals surface area contributed by atoms with Gasteiger partial charge in [0.05, 0.1) is 13.2 Å². The number of piperidine rings is 1. The molecule has 1 N–H and O–H groups in total. The Morgan fingerprint density at radius 2 is 1.90 bits per heavy atom. The van der Waals surface area contributed by atoms with Gasteiger partial charge in [-0.15, -0.1) is 0 Å². The van der Waals surface area contributed by atoms with Crippen LogP contribution in [0.4, 0.5) is 4.39 Å². The number of benzene rings is 2. The predicted molar refractivity (Wildman–Crippen MR) is 118 cm³/mol. The Morgan fingerprint density at radius 3 is 2.58 bits per heavy atom. The molecule has 0 radical (unpaired) electrons. The number of hydrogen-bond donors (Lipinski definition) is 1. The zero-order chi connectivity index (χ0) is 22.0. The summed E-state index contributed by atoms with van der Waals surface area (Å²) >= 11 is 0. The lowest BCUT2D eigenvalue weighted by Gasteiger charge is -2.39. The van der Waals surface area contributed by atoms with Gasteiger partial charge in [-0.1, -0.05) is 12.1 Å². The summed E-state index contributed by atoms with van der Waals surface area (Å²) in [5.41, 5.74) is 1.72. The number of likely N-dealkylation sites (tertiary alicyclic amines) is 1. The molecule has 2 aliphatic rings. The average Bonchev–Trinajstić information content (AvgIpc) is 2.75. The fourth-order valence-electron chi connectivity index (χ4n) is 4.58. The molecule has 1 amide bonds. The van der Waals surface area contributed by atoms with Crippen LogP contribution < -0.4 is 14.8 Å². The van der Waals surface area contributed by atoms with Crippen molar-refractivity contribution < 1.29 is 18.7 Å². The molecule has 0 unspecified atom stereocenters. The number of rotatable bonds is 5. The minimum Gasteiger partial charge on any atom is -0.497 e. The number of nitrogens with zero attached hydrogens (tertiary/aromatic N) is 1. The number of fused-ring (bicyclic) bond motifs is 1. The van der Waals surface area contributed by atoms with Crippen LogP contribution in [-0.2, 0) is 11.3 Å². The normalized spacial score (nSPS) is 21.1. The van der Waals surface area contributed by atoms with E-state index in [0.29, 0.717) is 6.42 Å². The maximum absolute atomic E-state index is 13.1. The van der Waals surface area contributed by atoms with E-state index in [0.717, 1.165) is 55.1 Å². The molecule has 1 atom stereocenters. The Hall–Kier alpha value is -2.60. The van der Waals surface area contributed by atoms with E-state index < -0.39 is 0 Å². The smallest absolute Gasteiger partial charge is 0.223 e. The topological polar surface area (TPSA) is 50.8 Å². The minimum absolute atomic E-state index is 0.00415. The Labute approximate surface area is 183 Å². The first kappa shape index (κ1) is 21.6. The van der Waals surface area contributed by atoms with E-state index in [9.17, 15) is 9.18 Å². The monoisotopic (exact) mass is 426 g/mol. The summed E-state index contributed by atoms with van der Waals surface area (Å²) in [7, 11) is 1.64. The van der Waals surface area contributed by atoms with Crippen LogP contribution in [0.5, 0.6) is 11.5 Å². The number of halogens is 1. The molecule has 5 nitrogen and oxygen atoms in total. The molecule has 2 aliphatic heterocycles. The number of hydrogen-bond acceptors (Lipinski definition) is 4. The van der Waals surface area contributed by atoms with Gasteiger partial charge < -0.3 is 14.8 Å². The molecule has 166 valence electrons. The number of carbonyl (C=O) groups is 1. The summed E-state index contributed by atoms with van der Waals surface area (Å²) in [5.74, 6) is 1.46. The highest BCUT2D eigenvalue weighted by Gasteiger charge is 2.36. The quantitative estimate of drug-likeness (QED) is 0.767. The highest BCUT2D eigenvalue weighted by atomic mass is 19.1. The van der Waals surface area contributed by atoms with E-state index in [1.807, 2.05) is 44.2 Å². The van der Waals surface area contributed by atoms with Crippen molar-refractivity contribution in [2.75, 3.05) is 20.2 Å². The third kappa shape index (κ3) is 5.18. The zero-order valence-corrected chi connectivity index (χ0v) is 18.5. The predicted octanol–water partition coefficient (Wildman–Crippen LogP) is 4.46. The highest BCUT2D eigenvalue weighted by Crippen LogP contribution is 2.41. The van der Waals surface area contributed by atoms with Gasteiger partial charge in [0.15, 0.2) is 0 Å². The third-order valence-electron chi connectivity index (χ3n) is 6.27. The maximum Gasteiger partial charge on any atom is 0.223 e. The van der Waals surface area contributed by atoms with Crippen LogP contribution in [-0.4, -0.2) is 36.6 Å². The Kier molecular flexibility index (Phi) is 6.19. The van der Waals surface area contributed by atoms with Crippen LogP contribution in [0, 0.1) is 11.7 Å². The molecular formula is C25H31FN2O3. The van der Waals surface area contributed by atoms with Crippen LogP contribution in [0.3, 0.4) is 0 Å². The minimum atomic E-state index is -0.349. The molecule has 0 saturated carbocycles. The van der Waals surface area contributed by atoms with Gasteiger partial charge in [0.2, 0.25) is 5.91 Å². The van der Waals surface area contributed by atoms with Gasteiger partial charge in [-0.05, 0) is 75.7 Å². The number of nitrogens with one attached hydrogen (secondary N) is 1. The van der Waals surface area contributed by atoms with E-state index >= 15 is 0 Å². The molecule has 0 aliphatic carbocycles. The molecular weight excluding hydrogens is 395 g/mol. The van der Waals surface area contributed by atoms with Gasteiger partial charge in [0, 0.05) is 24.4 Å². The van der Waals surface area contributed by atoms with E-state index in [2.05, 4.69) is 10.2 Å². The number of methoxy groups -OCH3 is 1. The van der Waals surface area contributed by atoms with Gasteiger partial charge in [0.1, 0.15) is 22.9 Å². The Bertz CT molecular complexity index is 921. The first-order valence-corrected chi connectivity index (χ1v) is 11.0. The van der Waals surface area contributed by atoms with Gasteiger partial charge in [0.25, 0.3) is 0 Å². The molecule has 0 aromatic heterocycles. The van der Waals surface area contributed by atoms with E-state index in [1.165, 1.54) is 12.1 Å². The number of amides is 1. The molecule has 2 aromatic rings. The molecule has 1 saturated heterocycles. The average molecular weight is 427 g/mol. The summed E-state index contributed by atoms with van der Waals surface area (Å²) in [6, 6.07) is 12.3. The molecule has 2 heterocycles. The molecule has 1 fully saturated rings. The Balaban J connectivity index is 1.37. The van der Waals surface area contributed by atoms with Crippen LogP contribution in [0.1, 0.15) is 50.3 Å². The van der Waals surface area contributed by atoms with E-state index in [-0.39, 0.29) is 29.3 Å². The second kappa shape index (κ2) is 8.87. The summed E-state index contributed by atoms with van der Waals surface area (Å²) in [6.45, 7) is 6.61. The van der Waals surface area contributed by atoms with Crippen LogP contribution in [0.25, 0.3) is 0 Å². The standard InChI is InChI=1S/C25H31FN2O3/c1-25(2)15-22(21-14-20(30-3)8-9-23(21)31-25)27-24(29)18-10-12-28(13-11-18)16-17-4-6-19(26)7-5-17/h4-9,14,18,22H,10-13,15-16H2,1-3H3,(H,27,29)/t22-/m1/s1. The number of ether oxygens (including phenoxy) is 2. The molecule has 0 spiro atoms. The molecule has 4 rings (SSSR count). The molecule has 31 heavy (non-hydrogen) atoms. The second-order valence-corrected chi connectivity index (χ2v) is 9.21. The summed E-state index contributed by atoms with van der Waals surface area (Å²) < 4.78 is 24.6. The van der Waals surface area contributed by atoms with Crippen LogP contribution >= 0.6 is 0 Å². The first-order valence-electron chi connectivity index (χ1n) is 11.0. The lowest BCUT2D eigenvalue weighted by atomic mass is 9.88. The molecule has 6 heteroatoms. The zero-order valence-electron chi connectivity index (χ0n) is 18.5. The summed E-state index contributed by atoms with van der Waals surface area (Å²) in [5, 5.41) is 3.29. The van der Waals surface area contributed by atoms with Crippen molar-refractivity contribution in [1.29, 1.82) is 0 Å². The van der Waals surface area contributed by atoms with Gasteiger partial charge in [-0.3, -0.25) is 9.69 Å². The fraction of sp³-hybridized carbons (Fsp3) is 0.480. The van der Waals surface area contributed by atoms with Crippen LogP contribution in [0.15, 0.2) is 42.5 Å². The van der Waals surface area contributed by atoms with Gasteiger partial charge >= 0.3 is 0 Å². The van der Waals surface area contributed by atoms with Crippen molar-refractivity contribution in [2.24, 2.45) is 5.92 Å². The van der Waals surface area contributed by atoms with Crippen molar-refractivity contribution in [3.8, 4) is 11.5 Å². The largest absolute Gasteiger partial charge is 0.497 e. The first-order chi connectivity index (χ1) is 14.8. The lowest BCUT2D eigenvalue weighted by Crippen LogP contribution is -2.45. The van der Waals surface area contributed by atoms with Gasteiger partial charge in [-0.2, -0.15) is 0 Å². The summed E-state index contributed by atoms with van der Waals surface area (Å²) in [6.07, 6.45) is 2.36. The van der Waals surface area contributed by atoms with Crippen molar-refractivity contribution in [3.63, 3.8) is 0 Å². The highest BCUT2D eigenvalue weighted by molar-refractivity contribution is 5.79. The SMILES string of the molecule is COc1ccc2c(c1)[C@H](NC(=O)C1CCN(Cc3ccc(F)cc3)CC1)CC(C)(C)O2. The molecule has 2 aromatic carbocycles. The number of carbonyl (C=O) groups excluding carboxylic acids is 1. The van der Waals surface area contributed by atoms with E-state index in [1.54, 1.807) is 7.11 Å². The van der Waals surface area contributed by atoms with Crippen LogP contribution in [0.2, 0.25) is 0 Å². The Morgan fingerprint density at radius 1 is 1.19 bits per heavy atom. The maximum atomic E-state index is 13.1. The lowest BCUT2D eigenvalue weighted by molar-refractivity contribution is -0.127. The van der Waals surface area contributed by atoms with Crippen molar-refractivity contribution in [2.45, 2.75) is 51.3 Å². The second-order valence-electron chi connectivity index (χ2n) is 9.21. The third-order valence-corrected chi connectivity index (χ3v) is 6.27. The van der Waals surface area contributed by atoms with Gasteiger partial charge in [-0.25, -0.2) is 4.39 Å². The van der Waals surface area contributed by atoms with Crippen molar-refractivity contribution >= 4 is 5.91 Å². The van der Waals surface area contributed by atoms with Crippen molar-refractivity contribution in [3.05, 3.63) is 59.4 Å².